The molecule has 3 saturated heterocycles. The summed E-state index contributed by atoms with van der Waals surface area (Å²) in [6.45, 7) is 4.44. The first-order valence-corrected chi connectivity index (χ1v) is 10.4. The third-order valence-electron chi connectivity index (χ3n) is 6.12. The maximum absolute atomic E-state index is 12.5. The molecule has 29 heavy (non-hydrogen) atoms. The highest BCUT2D eigenvalue weighted by Gasteiger charge is 2.46. The summed E-state index contributed by atoms with van der Waals surface area (Å²) in [5, 5.41) is 11.6. The topological polar surface area (TPSA) is 82.7 Å². The molecule has 1 amide bonds. The Morgan fingerprint density at radius 3 is 2.97 bits per heavy atom. The van der Waals surface area contributed by atoms with E-state index < -0.39 is 0 Å². The molecule has 156 valence electrons. The van der Waals surface area contributed by atoms with Gasteiger partial charge in [-0.05, 0) is 18.1 Å². The molecule has 4 heterocycles. The fraction of sp³-hybridized carbons (Fsp3) is 0.571. The molecule has 4 atom stereocenters. The Morgan fingerprint density at radius 2 is 2.21 bits per heavy atom. The van der Waals surface area contributed by atoms with Crippen molar-refractivity contribution in [3.05, 3.63) is 42.2 Å². The fourth-order valence-electron chi connectivity index (χ4n) is 4.62. The quantitative estimate of drug-likeness (QED) is 0.575. The molecule has 5 rings (SSSR count). The summed E-state index contributed by atoms with van der Waals surface area (Å²) in [5.74, 6) is 1.60. The van der Waals surface area contributed by atoms with Crippen molar-refractivity contribution in [3.8, 4) is 5.75 Å². The standard InChI is InChI=1S/C21H29N5O3/c1-28-10-8-22-21(27)20-14-25-9-7-16(20)11-18(25)13-26-12-17(23-24-26)15-29-19-5-3-2-4-6-19/h2-6,12,16,18,20H,7-11,13-15H2,1H3,(H,22,27)/p+1/t16-,18+,20-/m0/s1. The molecule has 3 aliphatic heterocycles. The number of ether oxygens (including phenoxy) is 2. The average molecular weight is 401 g/mol. The average Bonchev–Trinajstić information content (AvgIpc) is 3.21. The van der Waals surface area contributed by atoms with Crippen molar-refractivity contribution >= 4 is 5.91 Å². The van der Waals surface area contributed by atoms with Gasteiger partial charge in [-0.2, -0.15) is 0 Å². The Morgan fingerprint density at radius 1 is 1.34 bits per heavy atom. The summed E-state index contributed by atoms with van der Waals surface area (Å²) in [6.07, 6.45) is 4.16. The zero-order chi connectivity index (χ0) is 20.1. The number of benzene rings is 1. The van der Waals surface area contributed by atoms with Crippen LogP contribution in [0.25, 0.3) is 0 Å². The van der Waals surface area contributed by atoms with Gasteiger partial charge in [-0.25, -0.2) is 4.68 Å². The van der Waals surface area contributed by atoms with Crippen molar-refractivity contribution in [1.82, 2.24) is 20.3 Å². The maximum Gasteiger partial charge on any atom is 0.229 e. The predicted molar refractivity (Wildman–Crippen MR) is 106 cm³/mol. The van der Waals surface area contributed by atoms with E-state index in [1.807, 2.05) is 41.2 Å². The molecule has 2 N–H and O–H groups in total. The fourth-order valence-corrected chi connectivity index (χ4v) is 4.62. The number of carbonyl (C=O) groups is 1. The number of nitrogens with zero attached hydrogens (tertiary/aromatic N) is 3. The molecule has 1 aromatic heterocycles. The van der Waals surface area contributed by atoms with Gasteiger partial charge in [0.1, 0.15) is 24.1 Å². The number of amides is 1. The molecule has 0 aliphatic carbocycles. The van der Waals surface area contributed by atoms with Gasteiger partial charge < -0.3 is 19.7 Å². The van der Waals surface area contributed by atoms with Crippen LogP contribution in [-0.4, -0.2) is 60.3 Å². The van der Waals surface area contributed by atoms with E-state index in [1.165, 1.54) is 4.90 Å². The second-order valence-electron chi connectivity index (χ2n) is 8.02. The molecule has 2 bridgehead atoms. The van der Waals surface area contributed by atoms with E-state index in [9.17, 15) is 4.79 Å². The first-order chi connectivity index (χ1) is 14.2. The lowest BCUT2D eigenvalue weighted by Gasteiger charge is -2.46. The summed E-state index contributed by atoms with van der Waals surface area (Å²) < 4.78 is 12.7. The molecule has 0 radical (unpaired) electrons. The highest BCUT2D eigenvalue weighted by atomic mass is 16.5. The Kier molecular flexibility index (Phi) is 6.41. The molecule has 0 spiro atoms. The van der Waals surface area contributed by atoms with Gasteiger partial charge in [0.15, 0.2) is 0 Å². The van der Waals surface area contributed by atoms with Gasteiger partial charge in [-0.1, -0.05) is 23.4 Å². The Bertz CT molecular complexity index is 797. The number of rotatable bonds is 9. The van der Waals surface area contributed by atoms with Crippen LogP contribution in [0.3, 0.4) is 0 Å². The van der Waals surface area contributed by atoms with Gasteiger partial charge in [0.2, 0.25) is 5.91 Å². The maximum atomic E-state index is 12.5. The van der Waals surface area contributed by atoms with Crippen LogP contribution in [0.5, 0.6) is 5.75 Å². The van der Waals surface area contributed by atoms with Crippen molar-refractivity contribution in [2.45, 2.75) is 32.0 Å². The SMILES string of the molecule is COCCNC(=O)[C@H]1C[NH+]2CC[C@H]1C[C@@H]2Cn1cc(COc2ccccc2)nn1. The van der Waals surface area contributed by atoms with Crippen LogP contribution < -0.4 is 15.0 Å². The Labute approximate surface area is 171 Å². The number of aromatic nitrogens is 3. The molecule has 8 heteroatoms. The number of quaternary nitrogens is 1. The smallest absolute Gasteiger partial charge is 0.229 e. The van der Waals surface area contributed by atoms with E-state index in [0.29, 0.717) is 31.7 Å². The van der Waals surface area contributed by atoms with Crippen LogP contribution in [0.15, 0.2) is 36.5 Å². The second kappa shape index (κ2) is 9.37. The highest BCUT2D eigenvalue weighted by molar-refractivity contribution is 5.79. The number of methoxy groups -OCH3 is 1. The minimum absolute atomic E-state index is 0.123. The number of fused-ring (bicyclic) bond motifs is 3. The zero-order valence-electron chi connectivity index (χ0n) is 16.9. The monoisotopic (exact) mass is 400 g/mol. The van der Waals surface area contributed by atoms with Crippen molar-refractivity contribution in [1.29, 1.82) is 0 Å². The van der Waals surface area contributed by atoms with Crippen LogP contribution in [0.1, 0.15) is 18.5 Å². The van der Waals surface area contributed by atoms with Crippen LogP contribution >= 0.6 is 0 Å². The third kappa shape index (κ3) is 4.94. The molecule has 0 saturated carbocycles. The summed E-state index contributed by atoms with van der Waals surface area (Å²) in [7, 11) is 1.65. The van der Waals surface area contributed by atoms with Crippen molar-refractivity contribution in [3.63, 3.8) is 0 Å². The van der Waals surface area contributed by atoms with Gasteiger partial charge in [-0.3, -0.25) is 4.79 Å². The van der Waals surface area contributed by atoms with Crippen molar-refractivity contribution in [2.24, 2.45) is 11.8 Å². The van der Waals surface area contributed by atoms with Gasteiger partial charge in [0.05, 0.1) is 38.4 Å². The van der Waals surface area contributed by atoms with E-state index in [1.54, 1.807) is 7.11 Å². The zero-order valence-corrected chi connectivity index (χ0v) is 16.9. The van der Waals surface area contributed by atoms with Crippen LogP contribution in [0, 0.1) is 11.8 Å². The lowest BCUT2D eigenvalue weighted by atomic mass is 9.75. The van der Waals surface area contributed by atoms with Gasteiger partial charge >= 0.3 is 0 Å². The summed E-state index contributed by atoms with van der Waals surface area (Å²) >= 11 is 0. The van der Waals surface area contributed by atoms with Crippen molar-refractivity contribution < 1.29 is 19.2 Å². The number of hydrogen-bond donors (Lipinski definition) is 2. The van der Waals surface area contributed by atoms with Crippen molar-refractivity contribution in [2.75, 3.05) is 33.4 Å². The summed E-state index contributed by atoms with van der Waals surface area (Å²) in [4.78, 5) is 14.0. The number of piperidine rings is 3. The Balaban J connectivity index is 1.28. The number of nitrogens with one attached hydrogen (secondary N) is 2. The highest BCUT2D eigenvalue weighted by Crippen LogP contribution is 2.27. The summed E-state index contributed by atoms with van der Waals surface area (Å²) in [6, 6.07) is 10.2. The van der Waals surface area contributed by atoms with Crippen LogP contribution in [0.4, 0.5) is 0 Å². The van der Waals surface area contributed by atoms with E-state index in [-0.39, 0.29) is 11.8 Å². The predicted octanol–water partition coefficient (Wildman–Crippen LogP) is -0.0870. The van der Waals surface area contributed by atoms with Gasteiger partial charge in [0, 0.05) is 26.5 Å². The lowest BCUT2D eigenvalue weighted by molar-refractivity contribution is -0.945. The van der Waals surface area contributed by atoms with Crippen LogP contribution in [-0.2, 0) is 22.7 Å². The minimum Gasteiger partial charge on any atom is -0.487 e. The first kappa shape index (κ1) is 19.8. The second-order valence-corrected chi connectivity index (χ2v) is 8.02. The third-order valence-corrected chi connectivity index (χ3v) is 6.12. The molecule has 1 aromatic carbocycles. The van der Waals surface area contributed by atoms with Gasteiger partial charge in [0.25, 0.3) is 0 Å². The van der Waals surface area contributed by atoms with E-state index >= 15 is 0 Å². The van der Waals surface area contributed by atoms with Gasteiger partial charge in [-0.15, -0.1) is 5.10 Å². The van der Waals surface area contributed by atoms with E-state index in [2.05, 4.69) is 15.6 Å². The number of carbonyl (C=O) groups excluding carboxylic acids is 1. The minimum atomic E-state index is 0.123. The number of para-hydroxylation sites is 1. The molecule has 3 fully saturated rings. The largest absolute Gasteiger partial charge is 0.487 e. The Hall–Kier alpha value is -2.45. The lowest BCUT2D eigenvalue weighted by Crippen LogP contribution is -3.20. The normalized spacial score (nSPS) is 25.7. The number of hydrogen-bond acceptors (Lipinski definition) is 5. The molecule has 2 aromatic rings. The van der Waals surface area contributed by atoms with E-state index in [4.69, 9.17) is 9.47 Å². The first-order valence-electron chi connectivity index (χ1n) is 10.4. The molecule has 1 unspecified atom stereocenters. The summed E-state index contributed by atoms with van der Waals surface area (Å²) in [5.41, 5.74) is 0.829. The molecular formula is C21H30N5O3+. The molecule has 8 nitrogen and oxygen atoms in total. The molecular weight excluding hydrogens is 370 g/mol. The molecule has 3 aliphatic rings. The van der Waals surface area contributed by atoms with Crippen LogP contribution in [0.2, 0.25) is 0 Å². The van der Waals surface area contributed by atoms with E-state index in [0.717, 1.165) is 43.9 Å².